The van der Waals surface area contributed by atoms with Crippen molar-refractivity contribution in [1.29, 1.82) is 0 Å². The number of carbonyl (C=O) groups is 2. The minimum Gasteiger partial charge on any atom is -0.352 e. The van der Waals surface area contributed by atoms with Crippen LogP contribution in [0.1, 0.15) is 57.4 Å². The Morgan fingerprint density at radius 2 is 1.73 bits per heavy atom. The average molecular weight is 597 g/mol. The summed E-state index contributed by atoms with van der Waals surface area (Å²) in [5, 5.41) is 3.10. The number of carbonyl (C=O) groups excluding carboxylic acids is 2. The summed E-state index contributed by atoms with van der Waals surface area (Å²) in [6.45, 7) is 1.91. The number of hydrogen-bond acceptors (Lipinski definition) is 4. The molecule has 7 nitrogen and oxygen atoms in total. The van der Waals surface area contributed by atoms with Crippen molar-refractivity contribution in [3.63, 3.8) is 0 Å². The van der Waals surface area contributed by atoms with Crippen molar-refractivity contribution in [2.45, 2.75) is 70.5 Å². The van der Waals surface area contributed by atoms with Crippen LogP contribution in [0.3, 0.4) is 0 Å². The minimum atomic E-state index is -3.76. The minimum absolute atomic E-state index is 0.0120. The maximum Gasteiger partial charge on any atom is 0.242 e. The second kappa shape index (κ2) is 13.4. The van der Waals surface area contributed by atoms with Gasteiger partial charge < -0.3 is 10.2 Å². The van der Waals surface area contributed by atoms with E-state index in [1.54, 1.807) is 13.0 Å². The number of nitrogens with zero attached hydrogens (tertiary/aromatic N) is 2. The second-order valence-electron chi connectivity index (χ2n) is 9.56. The molecular formula is C27H35BrFN3O4S. The molecule has 10 heteroatoms. The third-order valence-corrected chi connectivity index (χ3v) is 8.37. The molecule has 1 saturated carbocycles. The number of benzene rings is 2. The van der Waals surface area contributed by atoms with Gasteiger partial charge in [-0.25, -0.2) is 12.8 Å². The third kappa shape index (κ3) is 8.53. The smallest absolute Gasteiger partial charge is 0.242 e. The Morgan fingerprint density at radius 1 is 1.08 bits per heavy atom. The first kappa shape index (κ1) is 29.1. The quantitative estimate of drug-likeness (QED) is 0.396. The highest BCUT2D eigenvalue weighted by Crippen LogP contribution is 2.23. The van der Waals surface area contributed by atoms with Crippen molar-refractivity contribution >= 4 is 43.5 Å². The zero-order valence-electron chi connectivity index (χ0n) is 21.3. The highest BCUT2D eigenvalue weighted by atomic mass is 79.9. The SMILES string of the molecule is C[C@@H](C(=O)NC1CCCCC1)N(Cc1ccc(Br)cc1)C(=O)CCCN(c1ccccc1F)S(C)(=O)=O. The highest BCUT2D eigenvalue weighted by molar-refractivity contribution is 9.10. The van der Waals surface area contributed by atoms with Gasteiger partial charge in [0.15, 0.2) is 0 Å². The molecule has 0 radical (unpaired) electrons. The largest absolute Gasteiger partial charge is 0.352 e. The Kier molecular flexibility index (Phi) is 10.5. The number of nitrogens with one attached hydrogen (secondary N) is 1. The molecule has 0 heterocycles. The maximum absolute atomic E-state index is 14.3. The molecule has 0 aliphatic heterocycles. The lowest BCUT2D eigenvalue weighted by Crippen LogP contribution is -2.50. The Hall–Kier alpha value is -2.46. The van der Waals surface area contributed by atoms with Crippen molar-refractivity contribution in [1.82, 2.24) is 10.2 Å². The fourth-order valence-electron chi connectivity index (χ4n) is 4.57. The van der Waals surface area contributed by atoms with E-state index in [2.05, 4.69) is 21.2 Å². The zero-order chi connectivity index (χ0) is 27.0. The van der Waals surface area contributed by atoms with Crippen molar-refractivity contribution < 1.29 is 22.4 Å². The van der Waals surface area contributed by atoms with E-state index in [0.29, 0.717) is 0 Å². The fourth-order valence-corrected chi connectivity index (χ4v) is 5.80. The summed E-state index contributed by atoms with van der Waals surface area (Å²) >= 11 is 3.41. The number of hydrogen-bond donors (Lipinski definition) is 1. The summed E-state index contributed by atoms with van der Waals surface area (Å²) in [6.07, 6.45) is 6.42. The third-order valence-electron chi connectivity index (χ3n) is 6.66. The normalized spacial score (nSPS) is 15.1. The highest BCUT2D eigenvalue weighted by Gasteiger charge is 2.28. The molecule has 2 aromatic carbocycles. The molecule has 202 valence electrons. The predicted molar refractivity (Wildman–Crippen MR) is 147 cm³/mol. The molecule has 0 bridgehead atoms. The van der Waals surface area contributed by atoms with Gasteiger partial charge in [-0.3, -0.25) is 13.9 Å². The van der Waals surface area contributed by atoms with Crippen LogP contribution >= 0.6 is 15.9 Å². The number of halogens is 2. The first-order valence-corrected chi connectivity index (χ1v) is 15.3. The van der Waals surface area contributed by atoms with Crippen LogP contribution in [0.15, 0.2) is 53.0 Å². The number of amides is 2. The van der Waals surface area contributed by atoms with Gasteiger partial charge in [-0.15, -0.1) is 0 Å². The van der Waals surface area contributed by atoms with Crippen LogP contribution in [-0.2, 0) is 26.2 Å². The van der Waals surface area contributed by atoms with E-state index in [0.717, 1.165) is 46.3 Å². The fraction of sp³-hybridized carbons (Fsp3) is 0.481. The van der Waals surface area contributed by atoms with Crippen LogP contribution in [-0.4, -0.2) is 50.0 Å². The molecule has 1 aliphatic rings. The first-order chi connectivity index (χ1) is 17.6. The van der Waals surface area contributed by atoms with Crippen LogP contribution in [0.4, 0.5) is 10.1 Å². The van der Waals surface area contributed by atoms with E-state index in [1.807, 2.05) is 24.3 Å². The molecule has 3 rings (SSSR count). The molecule has 1 fully saturated rings. The lowest BCUT2D eigenvalue weighted by molar-refractivity contribution is -0.141. The Morgan fingerprint density at radius 3 is 2.35 bits per heavy atom. The van der Waals surface area contributed by atoms with E-state index in [1.165, 1.54) is 29.5 Å². The van der Waals surface area contributed by atoms with Crippen LogP contribution < -0.4 is 9.62 Å². The molecule has 0 unspecified atom stereocenters. The van der Waals surface area contributed by atoms with Gasteiger partial charge in [-0.1, -0.05) is 59.5 Å². The van der Waals surface area contributed by atoms with E-state index < -0.39 is 21.9 Å². The molecule has 1 aliphatic carbocycles. The van der Waals surface area contributed by atoms with E-state index in [4.69, 9.17) is 0 Å². The van der Waals surface area contributed by atoms with Crippen molar-refractivity contribution in [3.8, 4) is 0 Å². The standard InChI is InChI=1S/C27H35BrFN3O4S/c1-20(27(34)30-23-9-4-3-5-10-23)31(19-21-14-16-22(28)17-15-21)26(33)13-8-18-32(37(2,35)36)25-12-7-6-11-24(25)29/h6-7,11-12,14-17,20,23H,3-5,8-10,13,18-19H2,1-2H3,(H,30,34)/t20-/m0/s1. The molecule has 0 spiro atoms. The Labute approximate surface area is 227 Å². The van der Waals surface area contributed by atoms with Gasteiger partial charge in [0.2, 0.25) is 21.8 Å². The van der Waals surface area contributed by atoms with E-state index in [9.17, 15) is 22.4 Å². The second-order valence-corrected chi connectivity index (χ2v) is 12.4. The van der Waals surface area contributed by atoms with Crippen LogP contribution in [0.2, 0.25) is 0 Å². The number of anilines is 1. The van der Waals surface area contributed by atoms with Gasteiger partial charge in [0.05, 0.1) is 11.9 Å². The first-order valence-electron chi connectivity index (χ1n) is 12.6. The van der Waals surface area contributed by atoms with Crippen LogP contribution in [0.5, 0.6) is 0 Å². The summed E-state index contributed by atoms with van der Waals surface area (Å²) in [7, 11) is -3.76. The summed E-state index contributed by atoms with van der Waals surface area (Å²) in [5.41, 5.74) is 0.822. The van der Waals surface area contributed by atoms with Crippen LogP contribution in [0, 0.1) is 5.82 Å². The van der Waals surface area contributed by atoms with Gasteiger partial charge in [-0.05, 0) is 56.0 Å². The Bertz CT molecular complexity index is 1170. The Balaban J connectivity index is 1.71. The zero-order valence-corrected chi connectivity index (χ0v) is 23.7. The number of para-hydroxylation sites is 1. The molecule has 0 aromatic heterocycles. The molecule has 37 heavy (non-hydrogen) atoms. The molecule has 1 N–H and O–H groups in total. The number of rotatable bonds is 11. The van der Waals surface area contributed by atoms with Gasteiger partial charge >= 0.3 is 0 Å². The van der Waals surface area contributed by atoms with Gasteiger partial charge in [0.25, 0.3) is 0 Å². The van der Waals surface area contributed by atoms with Crippen molar-refractivity contribution in [2.24, 2.45) is 0 Å². The molecule has 0 saturated heterocycles. The topological polar surface area (TPSA) is 86.8 Å². The predicted octanol–water partition coefficient (Wildman–Crippen LogP) is 5.00. The summed E-state index contributed by atoms with van der Waals surface area (Å²) in [4.78, 5) is 28.0. The van der Waals surface area contributed by atoms with Gasteiger partial charge in [0.1, 0.15) is 11.9 Å². The molecule has 2 aromatic rings. The maximum atomic E-state index is 14.3. The van der Waals surface area contributed by atoms with Crippen molar-refractivity contribution in [3.05, 3.63) is 64.4 Å². The van der Waals surface area contributed by atoms with E-state index >= 15 is 0 Å². The molecular weight excluding hydrogens is 561 g/mol. The molecule has 1 atom stereocenters. The van der Waals surface area contributed by atoms with Crippen molar-refractivity contribution in [2.75, 3.05) is 17.1 Å². The summed E-state index contributed by atoms with van der Waals surface area (Å²) in [5.74, 6) is -1.11. The van der Waals surface area contributed by atoms with E-state index in [-0.39, 0.29) is 49.5 Å². The molecule has 2 amide bonds. The lowest BCUT2D eigenvalue weighted by Gasteiger charge is -2.31. The number of sulfonamides is 1. The summed E-state index contributed by atoms with van der Waals surface area (Å²) < 4.78 is 40.9. The summed E-state index contributed by atoms with van der Waals surface area (Å²) in [6, 6.07) is 12.6. The average Bonchev–Trinajstić information content (AvgIpc) is 2.86. The lowest BCUT2D eigenvalue weighted by atomic mass is 9.95. The monoisotopic (exact) mass is 595 g/mol. The van der Waals surface area contributed by atoms with Crippen LogP contribution in [0.25, 0.3) is 0 Å². The van der Waals surface area contributed by atoms with Gasteiger partial charge in [0, 0.05) is 30.0 Å². The van der Waals surface area contributed by atoms with Gasteiger partial charge in [-0.2, -0.15) is 0 Å².